The van der Waals surface area contributed by atoms with Crippen molar-refractivity contribution in [3.05, 3.63) is 30.3 Å². The number of ether oxygens (including phenoxy) is 1. The van der Waals surface area contributed by atoms with E-state index in [4.69, 9.17) is 4.74 Å². The summed E-state index contributed by atoms with van der Waals surface area (Å²) in [5, 5.41) is 0. The Morgan fingerprint density at radius 2 is 1.68 bits per heavy atom. The molecule has 104 valence electrons. The Labute approximate surface area is 114 Å². The van der Waals surface area contributed by atoms with Gasteiger partial charge in [0.2, 0.25) is 5.91 Å². The van der Waals surface area contributed by atoms with Crippen molar-refractivity contribution in [2.45, 2.75) is 33.1 Å². The van der Waals surface area contributed by atoms with Gasteiger partial charge in [0.15, 0.2) is 0 Å². The van der Waals surface area contributed by atoms with Gasteiger partial charge in [-0.3, -0.25) is 9.59 Å². The number of para-hydroxylation sites is 1. The van der Waals surface area contributed by atoms with Gasteiger partial charge < -0.3 is 9.64 Å². The zero-order valence-electron chi connectivity index (χ0n) is 11.6. The molecule has 0 saturated heterocycles. The van der Waals surface area contributed by atoms with Crippen LogP contribution in [0.2, 0.25) is 0 Å². The molecule has 1 rings (SSSR count). The van der Waals surface area contributed by atoms with Crippen LogP contribution in [0, 0.1) is 0 Å². The molecule has 0 aliphatic heterocycles. The van der Waals surface area contributed by atoms with Crippen molar-refractivity contribution in [1.29, 1.82) is 0 Å². The van der Waals surface area contributed by atoms with Crippen molar-refractivity contribution >= 4 is 11.9 Å². The van der Waals surface area contributed by atoms with E-state index >= 15 is 0 Å². The third-order valence-corrected chi connectivity index (χ3v) is 2.86. The van der Waals surface area contributed by atoms with E-state index in [9.17, 15) is 9.59 Å². The molecule has 0 bridgehead atoms. The summed E-state index contributed by atoms with van der Waals surface area (Å²) in [6.45, 7) is 5.32. The molecule has 0 spiro atoms. The van der Waals surface area contributed by atoms with Gasteiger partial charge in [-0.1, -0.05) is 18.2 Å². The summed E-state index contributed by atoms with van der Waals surface area (Å²) in [4.78, 5) is 25.0. The number of rotatable bonds is 7. The summed E-state index contributed by atoms with van der Waals surface area (Å²) in [7, 11) is 0. The fraction of sp³-hybridized carbons (Fsp3) is 0.467. The van der Waals surface area contributed by atoms with Crippen molar-refractivity contribution in [2.75, 3.05) is 13.1 Å². The smallest absolute Gasteiger partial charge is 0.311 e. The first kappa shape index (κ1) is 15.2. The molecule has 0 aliphatic carbocycles. The van der Waals surface area contributed by atoms with E-state index in [1.54, 1.807) is 17.0 Å². The van der Waals surface area contributed by atoms with Crippen LogP contribution in [-0.4, -0.2) is 29.9 Å². The van der Waals surface area contributed by atoms with Crippen LogP contribution in [0.3, 0.4) is 0 Å². The number of hydrogen-bond acceptors (Lipinski definition) is 3. The van der Waals surface area contributed by atoms with Gasteiger partial charge in [0.25, 0.3) is 0 Å². The van der Waals surface area contributed by atoms with Crippen LogP contribution in [-0.2, 0) is 9.59 Å². The maximum absolute atomic E-state index is 11.7. The minimum absolute atomic E-state index is 0.0949. The molecule has 1 amide bonds. The number of carbonyl (C=O) groups excluding carboxylic acids is 2. The van der Waals surface area contributed by atoms with E-state index < -0.39 is 0 Å². The Morgan fingerprint density at radius 1 is 1.05 bits per heavy atom. The van der Waals surface area contributed by atoms with Crippen LogP contribution in [0.1, 0.15) is 33.1 Å². The molecule has 0 saturated carbocycles. The first-order valence-electron chi connectivity index (χ1n) is 6.70. The van der Waals surface area contributed by atoms with Gasteiger partial charge >= 0.3 is 5.97 Å². The predicted octanol–water partition coefficient (Wildman–Crippen LogP) is 2.63. The standard InChI is InChI=1S/C15H21NO3/c1-3-16(4-2)14(17)11-8-12-15(18)19-13-9-6-5-7-10-13/h5-7,9-10H,3-4,8,11-12H2,1-2H3. The third kappa shape index (κ3) is 5.55. The molecule has 0 radical (unpaired) electrons. The van der Waals surface area contributed by atoms with Crippen LogP contribution in [0.4, 0.5) is 0 Å². The van der Waals surface area contributed by atoms with Crippen molar-refractivity contribution in [2.24, 2.45) is 0 Å². The molecular formula is C15H21NO3. The highest BCUT2D eigenvalue weighted by Gasteiger charge is 2.11. The van der Waals surface area contributed by atoms with E-state index in [1.807, 2.05) is 32.0 Å². The van der Waals surface area contributed by atoms with Gasteiger partial charge in [-0.05, 0) is 32.4 Å². The fourth-order valence-corrected chi connectivity index (χ4v) is 1.79. The molecule has 1 aromatic carbocycles. The van der Waals surface area contributed by atoms with E-state index in [2.05, 4.69) is 0 Å². The summed E-state index contributed by atoms with van der Waals surface area (Å²) in [6, 6.07) is 8.96. The first-order valence-corrected chi connectivity index (χ1v) is 6.70. The lowest BCUT2D eigenvalue weighted by molar-refractivity contribution is -0.135. The molecule has 4 nitrogen and oxygen atoms in total. The number of esters is 1. The monoisotopic (exact) mass is 263 g/mol. The first-order chi connectivity index (χ1) is 9.17. The molecule has 0 heterocycles. The summed E-state index contributed by atoms with van der Waals surface area (Å²) >= 11 is 0. The van der Waals surface area contributed by atoms with E-state index in [0.717, 1.165) is 0 Å². The lowest BCUT2D eigenvalue weighted by Crippen LogP contribution is -2.30. The number of amides is 1. The van der Waals surface area contributed by atoms with Crippen LogP contribution >= 0.6 is 0 Å². The predicted molar refractivity (Wildman–Crippen MR) is 73.9 cm³/mol. The lowest BCUT2D eigenvalue weighted by Gasteiger charge is -2.18. The van der Waals surface area contributed by atoms with Crippen LogP contribution in [0.5, 0.6) is 5.75 Å². The molecule has 19 heavy (non-hydrogen) atoms. The molecule has 0 fully saturated rings. The lowest BCUT2D eigenvalue weighted by atomic mass is 10.2. The highest BCUT2D eigenvalue weighted by atomic mass is 16.5. The van der Waals surface area contributed by atoms with E-state index in [-0.39, 0.29) is 18.3 Å². The van der Waals surface area contributed by atoms with Crippen molar-refractivity contribution in [3.8, 4) is 5.75 Å². The number of benzene rings is 1. The zero-order valence-corrected chi connectivity index (χ0v) is 11.6. The second-order valence-electron chi connectivity index (χ2n) is 4.21. The van der Waals surface area contributed by atoms with Crippen LogP contribution in [0.25, 0.3) is 0 Å². The van der Waals surface area contributed by atoms with E-state index in [0.29, 0.717) is 31.7 Å². The fourth-order valence-electron chi connectivity index (χ4n) is 1.79. The Kier molecular flexibility index (Phi) is 6.64. The van der Waals surface area contributed by atoms with E-state index in [1.165, 1.54) is 0 Å². The topological polar surface area (TPSA) is 46.6 Å². The molecule has 0 N–H and O–H groups in total. The number of nitrogens with zero attached hydrogens (tertiary/aromatic N) is 1. The quantitative estimate of drug-likeness (QED) is 0.561. The van der Waals surface area contributed by atoms with Crippen LogP contribution < -0.4 is 4.74 Å². The highest BCUT2D eigenvalue weighted by molar-refractivity contribution is 5.77. The molecule has 0 unspecified atom stereocenters. The Balaban J connectivity index is 2.26. The minimum atomic E-state index is -0.293. The largest absolute Gasteiger partial charge is 0.427 e. The van der Waals surface area contributed by atoms with Crippen LogP contribution in [0.15, 0.2) is 30.3 Å². The maximum atomic E-state index is 11.7. The molecule has 0 aliphatic rings. The molecule has 0 aromatic heterocycles. The zero-order chi connectivity index (χ0) is 14.1. The molecule has 1 aromatic rings. The number of carbonyl (C=O) groups is 2. The molecular weight excluding hydrogens is 242 g/mol. The summed E-state index contributed by atoms with van der Waals surface area (Å²) in [5.41, 5.74) is 0. The highest BCUT2D eigenvalue weighted by Crippen LogP contribution is 2.10. The van der Waals surface area contributed by atoms with Gasteiger partial charge in [0.05, 0.1) is 0 Å². The average molecular weight is 263 g/mol. The Hall–Kier alpha value is -1.84. The van der Waals surface area contributed by atoms with Crippen molar-refractivity contribution < 1.29 is 14.3 Å². The second-order valence-corrected chi connectivity index (χ2v) is 4.21. The van der Waals surface area contributed by atoms with Gasteiger partial charge in [-0.2, -0.15) is 0 Å². The van der Waals surface area contributed by atoms with Gasteiger partial charge in [-0.15, -0.1) is 0 Å². The second kappa shape index (κ2) is 8.29. The van der Waals surface area contributed by atoms with Gasteiger partial charge in [-0.25, -0.2) is 0 Å². The Bertz CT molecular complexity index is 399. The average Bonchev–Trinajstić information content (AvgIpc) is 2.41. The third-order valence-electron chi connectivity index (χ3n) is 2.86. The summed E-state index contributed by atoms with van der Waals surface area (Å²) in [6.07, 6.45) is 1.19. The van der Waals surface area contributed by atoms with Crippen molar-refractivity contribution in [1.82, 2.24) is 4.90 Å². The number of hydrogen-bond donors (Lipinski definition) is 0. The Morgan fingerprint density at radius 3 is 2.26 bits per heavy atom. The molecule has 0 atom stereocenters. The van der Waals surface area contributed by atoms with Gasteiger partial charge in [0.1, 0.15) is 5.75 Å². The van der Waals surface area contributed by atoms with Crippen molar-refractivity contribution in [3.63, 3.8) is 0 Å². The van der Waals surface area contributed by atoms with Gasteiger partial charge in [0, 0.05) is 25.9 Å². The SMILES string of the molecule is CCN(CC)C(=O)CCCC(=O)Oc1ccccc1. The summed E-state index contributed by atoms with van der Waals surface area (Å²) in [5.74, 6) is 0.346. The normalized spacial score (nSPS) is 10.0. The maximum Gasteiger partial charge on any atom is 0.311 e. The molecule has 4 heteroatoms. The minimum Gasteiger partial charge on any atom is -0.427 e. The summed E-state index contributed by atoms with van der Waals surface area (Å²) < 4.78 is 5.15.